The van der Waals surface area contributed by atoms with Gasteiger partial charge in [0, 0.05) is 11.1 Å². The van der Waals surface area contributed by atoms with Gasteiger partial charge in [-0.05, 0) is 18.6 Å². The number of nitrogens with two attached hydrogens (primary N) is 1. The van der Waals surface area contributed by atoms with Crippen LogP contribution >= 0.6 is 11.3 Å². The van der Waals surface area contributed by atoms with Crippen molar-refractivity contribution in [3.63, 3.8) is 0 Å². The van der Waals surface area contributed by atoms with Crippen LogP contribution in [0.1, 0.15) is 18.2 Å². The lowest BCUT2D eigenvalue weighted by molar-refractivity contribution is 0.319. The van der Waals surface area contributed by atoms with Gasteiger partial charge in [-0.15, -0.1) is 11.3 Å². The number of hydrogen-bond donors (Lipinski definition) is 2. The van der Waals surface area contributed by atoms with E-state index >= 15 is 0 Å². The van der Waals surface area contributed by atoms with E-state index in [0.717, 1.165) is 24.4 Å². The van der Waals surface area contributed by atoms with Crippen molar-refractivity contribution in [2.45, 2.75) is 19.9 Å². The molecule has 0 amide bonds. The molecule has 0 spiro atoms. The van der Waals surface area contributed by atoms with E-state index < -0.39 is 0 Å². The molecule has 1 aromatic carbocycles. The highest BCUT2D eigenvalue weighted by Gasteiger charge is 2.05. The van der Waals surface area contributed by atoms with Gasteiger partial charge in [0.15, 0.2) is 0 Å². The van der Waals surface area contributed by atoms with E-state index in [1.54, 1.807) is 11.3 Å². The van der Waals surface area contributed by atoms with Crippen LogP contribution in [0, 0.1) is 0 Å². The molecule has 0 saturated heterocycles. The second-order valence-corrected chi connectivity index (χ2v) is 4.86. The molecular formula is C13H17N3OS. The Bertz CT molecular complexity index is 485. The van der Waals surface area contributed by atoms with E-state index in [2.05, 4.69) is 17.2 Å². The lowest BCUT2D eigenvalue weighted by atomic mass is 10.2. The van der Waals surface area contributed by atoms with Gasteiger partial charge in [0.1, 0.15) is 5.75 Å². The van der Waals surface area contributed by atoms with Crippen LogP contribution in [0.4, 0.5) is 11.4 Å². The van der Waals surface area contributed by atoms with Gasteiger partial charge in [-0.3, -0.25) is 4.98 Å². The highest BCUT2D eigenvalue weighted by atomic mass is 32.1. The lowest BCUT2D eigenvalue weighted by Crippen LogP contribution is -2.04. The number of nitrogens with zero attached hydrogens (tertiary/aromatic N) is 1. The average molecular weight is 263 g/mol. The molecule has 0 fully saturated rings. The molecule has 0 aliphatic rings. The Morgan fingerprint density at radius 3 is 3.06 bits per heavy atom. The maximum absolute atomic E-state index is 6.06. The van der Waals surface area contributed by atoms with Crippen LogP contribution in [0.2, 0.25) is 0 Å². The Labute approximate surface area is 111 Å². The molecule has 0 radical (unpaired) electrons. The van der Waals surface area contributed by atoms with Crippen molar-refractivity contribution < 1.29 is 4.74 Å². The SMILES string of the molecule is CCCOc1cccc(NCc2cncs2)c1N. The normalized spacial score (nSPS) is 10.3. The highest BCUT2D eigenvalue weighted by molar-refractivity contribution is 7.09. The highest BCUT2D eigenvalue weighted by Crippen LogP contribution is 2.29. The first-order valence-electron chi connectivity index (χ1n) is 5.93. The minimum atomic E-state index is 0.662. The molecule has 2 rings (SSSR count). The summed E-state index contributed by atoms with van der Waals surface area (Å²) in [5, 5.41) is 3.30. The van der Waals surface area contributed by atoms with Crippen molar-refractivity contribution in [3.05, 3.63) is 34.8 Å². The number of anilines is 2. The molecule has 3 N–H and O–H groups in total. The zero-order chi connectivity index (χ0) is 12.8. The smallest absolute Gasteiger partial charge is 0.144 e. The Morgan fingerprint density at radius 1 is 1.44 bits per heavy atom. The van der Waals surface area contributed by atoms with E-state index in [0.29, 0.717) is 12.3 Å². The Balaban J connectivity index is 2.03. The molecule has 0 unspecified atom stereocenters. The van der Waals surface area contributed by atoms with Crippen LogP contribution < -0.4 is 15.8 Å². The molecule has 1 aromatic heterocycles. The maximum Gasteiger partial charge on any atom is 0.144 e. The molecule has 0 atom stereocenters. The molecule has 0 saturated carbocycles. The van der Waals surface area contributed by atoms with Crippen LogP contribution in [0.15, 0.2) is 29.9 Å². The fraction of sp³-hybridized carbons (Fsp3) is 0.308. The first-order valence-corrected chi connectivity index (χ1v) is 6.81. The molecular weight excluding hydrogens is 246 g/mol. The lowest BCUT2D eigenvalue weighted by Gasteiger charge is -2.12. The monoisotopic (exact) mass is 263 g/mol. The van der Waals surface area contributed by atoms with Crippen molar-refractivity contribution >= 4 is 22.7 Å². The second-order valence-electron chi connectivity index (χ2n) is 3.89. The topological polar surface area (TPSA) is 60.2 Å². The van der Waals surface area contributed by atoms with Crippen LogP contribution in [0.5, 0.6) is 5.75 Å². The zero-order valence-corrected chi connectivity index (χ0v) is 11.2. The van der Waals surface area contributed by atoms with Crippen molar-refractivity contribution in [2.24, 2.45) is 0 Å². The van der Waals surface area contributed by atoms with Gasteiger partial charge in [0.2, 0.25) is 0 Å². The molecule has 4 nitrogen and oxygen atoms in total. The minimum absolute atomic E-state index is 0.662. The molecule has 18 heavy (non-hydrogen) atoms. The van der Waals surface area contributed by atoms with Gasteiger partial charge >= 0.3 is 0 Å². The van der Waals surface area contributed by atoms with E-state index in [4.69, 9.17) is 10.5 Å². The fourth-order valence-corrected chi connectivity index (χ4v) is 2.08. The molecule has 2 aromatic rings. The number of nitrogens with one attached hydrogen (secondary N) is 1. The van der Waals surface area contributed by atoms with Crippen LogP contribution in [-0.4, -0.2) is 11.6 Å². The van der Waals surface area contributed by atoms with Gasteiger partial charge in [-0.2, -0.15) is 0 Å². The summed E-state index contributed by atoms with van der Waals surface area (Å²) in [6.45, 7) is 3.48. The Morgan fingerprint density at radius 2 is 2.33 bits per heavy atom. The number of rotatable bonds is 6. The summed E-state index contributed by atoms with van der Waals surface area (Å²) in [7, 11) is 0. The summed E-state index contributed by atoms with van der Waals surface area (Å²) < 4.78 is 5.59. The maximum atomic E-state index is 6.06. The largest absolute Gasteiger partial charge is 0.491 e. The summed E-state index contributed by atoms with van der Waals surface area (Å²) in [5.74, 6) is 0.742. The summed E-state index contributed by atoms with van der Waals surface area (Å²) in [6.07, 6.45) is 2.82. The molecule has 5 heteroatoms. The standard InChI is InChI=1S/C13H17N3OS/c1-2-6-17-12-5-3-4-11(13(12)14)16-8-10-7-15-9-18-10/h3-5,7,9,16H,2,6,8,14H2,1H3. The average Bonchev–Trinajstić information content (AvgIpc) is 2.89. The number of thiazole rings is 1. The fourth-order valence-electron chi connectivity index (χ4n) is 1.55. The van der Waals surface area contributed by atoms with Gasteiger partial charge < -0.3 is 15.8 Å². The van der Waals surface area contributed by atoms with E-state index in [9.17, 15) is 0 Å². The van der Waals surface area contributed by atoms with E-state index in [1.807, 2.05) is 29.9 Å². The van der Waals surface area contributed by atoms with Crippen LogP contribution in [-0.2, 0) is 6.54 Å². The number of ether oxygens (including phenoxy) is 1. The Kier molecular flexibility index (Phi) is 4.41. The van der Waals surface area contributed by atoms with Gasteiger partial charge in [0.25, 0.3) is 0 Å². The molecule has 0 aliphatic carbocycles. The minimum Gasteiger partial charge on any atom is -0.491 e. The number of aromatic nitrogens is 1. The number of benzene rings is 1. The number of nitrogen functional groups attached to an aromatic ring is 1. The predicted molar refractivity (Wildman–Crippen MR) is 76.1 cm³/mol. The number of hydrogen-bond acceptors (Lipinski definition) is 5. The molecule has 96 valence electrons. The van der Waals surface area contributed by atoms with Crippen molar-refractivity contribution in [3.8, 4) is 5.75 Å². The summed E-state index contributed by atoms with van der Waals surface area (Å²) in [5.41, 5.74) is 9.45. The van der Waals surface area contributed by atoms with Crippen molar-refractivity contribution in [2.75, 3.05) is 17.7 Å². The Hall–Kier alpha value is -1.75. The first-order chi connectivity index (χ1) is 8.81. The van der Waals surface area contributed by atoms with Crippen molar-refractivity contribution in [1.82, 2.24) is 4.98 Å². The quantitative estimate of drug-likeness (QED) is 0.786. The van der Waals surface area contributed by atoms with Crippen molar-refractivity contribution in [1.29, 1.82) is 0 Å². The summed E-state index contributed by atoms with van der Waals surface area (Å²) >= 11 is 1.62. The predicted octanol–water partition coefficient (Wildman–Crippen LogP) is 3.13. The van der Waals surface area contributed by atoms with Crippen LogP contribution in [0.25, 0.3) is 0 Å². The summed E-state index contributed by atoms with van der Waals surface area (Å²) in [4.78, 5) is 5.21. The summed E-state index contributed by atoms with van der Waals surface area (Å²) in [6, 6.07) is 5.79. The van der Waals surface area contributed by atoms with Gasteiger partial charge in [0.05, 0.1) is 30.0 Å². The third-order valence-electron chi connectivity index (χ3n) is 2.46. The third-order valence-corrected chi connectivity index (χ3v) is 3.24. The molecule has 0 bridgehead atoms. The van der Waals surface area contributed by atoms with E-state index in [1.165, 1.54) is 4.88 Å². The first kappa shape index (κ1) is 12.7. The van der Waals surface area contributed by atoms with Crippen LogP contribution in [0.3, 0.4) is 0 Å². The number of para-hydroxylation sites is 1. The zero-order valence-electron chi connectivity index (χ0n) is 10.3. The second kappa shape index (κ2) is 6.26. The van der Waals surface area contributed by atoms with E-state index in [-0.39, 0.29) is 0 Å². The van der Waals surface area contributed by atoms with Gasteiger partial charge in [-0.25, -0.2) is 0 Å². The molecule has 0 aliphatic heterocycles. The van der Waals surface area contributed by atoms with Gasteiger partial charge in [-0.1, -0.05) is 13.0 Å². The third kappa shape index (κ3) is 3.13. The molecule has 1 heterocycles.